The Hall–Kier alpha value is -2.07. The van der Waals surface area contributed by atoms with E-state index in [-0.39, 0.29) is 0 Å². The summed E-state index contributed by atoms with van der Waals surface area (Å²) in [6, 6.07) is 6.04. The zero-order chi connectivity index (χ0) is 16.8. The van der Waals surface area contributed by atoms with Crippen LogP contribution in [0.25, 0.3) is 11.0 Å². The molecule has 0 fully saturated rings. The van der Waals surface area contributed by atoms with Crippen molar-refractivity contribution in [3.63, 3.8) is 0 Å². The zero-order valence-corrected chi connectivity index (χ0v) is 14.6. The van der Waals surface area contributed by atoms with Crippen LogP contribution in [0.3, 0.4) is 0 Å². The van der Waals surface area contributed by atoms with E-state index in [2.05, 4.69) is 28.6 Å². The highest BCUT2D eigenvalue weighted by atomic mass is 16.5. The van der Waals surface area contributed by atoms with E-state index in [4.69, 9.17) is 9.72 Å². The molecule has 0 amide bonds. The monoisotopic (exact) mass is 325 g/mol. The molecule has 3 rings (SSSR count). The third-order valence-corrected chi connectivity index (χ3v) is 4.64. The molecule has 2 aromatic rings. The van der Waals surface area contributed by atoms with Crippen LogP contribution in [-0.2, 0) is 13.1 Å². The molecule has 0 saturated carbocycles. The number of rotatable bonds is 8. The summed E-state index contributed by atoms with van der Waals surface area (Å²) < 4.78 is 7.52. The van der Waals surface area contributed by atoms with Gasteiger partial charge in [0.05, 0.1) is 24.7 Å². The smallest absolute Gasteiger partial charge is 0.124 e. The summed E-state index contributed by atoms with van der Waals surface area (Å²) in [5, 5.41) is 3.55. The van der Waals surface area contributed by atoms with Crippen molar-refractivity contribution < 1.29 is 4.74 Å². The van der Waals surface area contributed by atoms with Gasteiger partial charge in [0.1, 0.15) is 11.6 Å². The molecule has 0 unspecified atom stereocenters. The van der Waals surface area contributed by atoms with Gasteiger partial charge in [-0.2, -0.15) is 0 Å². The quantitative estimate of drug-likeness (QED) is 0.584. The van der Waals surface area contributed by atoms with E-state index in [1.54, 1.807) is 12.7 Å². The number of aromatic nitrogens is 2. The predicted molar refractivity (Wildman–Crippen MR) is 99.4 cm³/mol. The van der Waals surface area contributed by atoms with E-state index < -0.39 is 0 Å². The largest absolute Gasteiger partial charge is 0.497 e. The van der Waals surface area contributed by atoms with Gasteiger partial charge < -0.3 is 14.6 Å². The number of imidazole rings is 1. The molecule has 128 valence electrons. The predicted octanol–water partition coefficient (Wildman–Crippen LogP) is 4.21. The molecule has 4 heteroatoms. The van der Waals surface area contributed by atoms with Gasteiger partial charge in [0.25, 0.3) is 0 Å². The average molecular weight is 325 g/mol. The summed E-state index contributed by atoms with van der Waals surface area (Å²) in [6.45, 7) is 6.42. The van der Waals surface area contributed by atoms with Gasteiger partial charge in [-0.3, -0.25) is 0 Å². The van der Waals surface area contributed by atoms with E-state index in [1.165, 1.54) is 25.7 Å². The molecule has 0 atom stereocenters. The summed E-state index contributed by atoms with van der Waals surface area (Å²) in [7, 11) is 1.68. The van der Waals surface area contributed by atoms with Crippen molar-refractivity contribution in [3.8, 4) is 5.75 Å². The van der Waals surface area contributed by atoms with Crippen molar-refractivity contribution in [3.05, 3.63) is 48.3 Å². The lowest BCUT2D eigenvalue weighted by Gasteiger charge is -2.13. The Bertz CT molecular complexity index is 730. The minimum Gasteiger partial charge on any atom is -0.497 e. The molecule has 0 saturated heterocycles. The van der Waals surface area contributed by atoms with E-state index >= 15 is 0 Å². The van der Waals surface area contributed by atoms with Crippen LogP contribution < -0.4 is 10.1 Å². The number of ether oxygens (including phenoxy) is 1. The number of nitrogens with zero attached hydrogens (tertiary/aromatic N) is 2. The zero-order valence-electron chi connectivity index (χ0n) is 14.6. The summed E-state index contributed by atoms with van der Waals surface area (Å²) >= 11 is 0. The minimum absolute atomic E-state index is 0.769. The maximum Gasteiger partial charge on any atom is 0.124 e. The molecule has 1 aromatic heterocycles. The van der Waals surface area contributed by atoms with Gasteiger partial charge in [-0.1, -0.05) is 17.7 Å². The van der Waals surface area contributed by atoms with Gasteiger partial charge in [0, 0.05) is 12.6 Å². The molecule has 0 spiro atoms. The van der Waals surface area contributed by atoms with Crippen molar-refractivity contribution in [1.82, 2.24) is 14.9 Å². The number of methoxy groups -OCH3 is 1. The highest BCUT2D eigenvalue weighted by Crippen LogP contribution is 2.22. The van der Waals surface area contributed by atoms with Gasteiger partial charge in [-0.25, -0.2) is 4.98 Å². The lowest BCUT2D eigenvalue weighted by Crippen LogP contribution is -2.18. The summed E-state index contributed by atoms with van der Waals surface area (Å²) in [4.78, 5) is 4.78. The number of hydrogen-bond acceptors (Lipinski definition) is 3. The fraction of sp³-hybridized carbons (Fsp3) is 0.450. The molecule has 1 aromatic carbocycles. The molecule has 24 heavy (non-hydrogen) atoms. The van der Waals surface area contributed by atoms with Crippen molar-refractivity contribution in [2.75, 3.05) is 13.7 Å². The normalized spacial score (nSPS) is 14.6. The second-order valence-electron chi connectivity index (χ2n) is 6.32. The molecule has 1 heterocycles. The van der Waals surface area contributed by atoms with Crippen molar-refractivity contribution in [2.45, 2.75) is 45.2 Å². The lowest BCUT2D eigenvalue weighted by molar-refractivity contribution is 0.415. The molecular weight excluding hydrogens is 298 g/mol. The Morgan fingerprint density at radius 2 is 2.29 bits per heavy atom. The number of fused-ring (bicyclic) bond motifs is 1. The van der Waals surface area contributed by atoms with Crippen LogP contribution in [0.4, 0.5) is 0 Å². The van der Waals surface area contributed by atoms with Gasteiger partial charge >= 0.3 is 0 Å². The first-order valence-corrected chi connectivity index (χ1v) is 8.84. The van der Waals surface area contributed by atoms with Crippen LogP contribution in [0.5, 0.6) is 5.75 Å². The first-order chi connectivity index (χ1) is 11.8. The molecule has 0 radical (unpaired) electrons. The van der Waals surface area contributed by atoms with Crippen molar-refractivity contribution in [2.24, 2.45) is 0 Å². The maximum atomic E-state index is 5.31. The second-order valence-corrected chi connectivity index (χ2v) is 6.32. The van der Waals surface area contributed by atoms with Gasteiger partial charge in [-0.05, 0) is 50.8 Å². The molecule has 1 aliphatic carbocycles. The maximum absolute atomic E-state index is 5.31. The Labute approximate surface area is 144 Å². The SMILES string of the molecule is C=CCn1c(CNCCC2=CCCCC2)nc2cc(OC)ccc21. The third-order valence-electron chi connectivity index (χ3n) is 4.64. The summed E-state index contributed by atoms with van der Waals surface area (Å²) in [5.41, 5.74) is 3.71. The van der Waals surface area contributed by atoms with Crippen LogP contribution in [-0.4, -0.2) is 23.2 Å². The Kier molecular flexibility index (Phi) is 5.70. The summed E-state index contributed by atoms with van der Waals surface area (Å²) in [6.07, 6.45) is 10.7. The molecule has 1 N–H and O–H groups in total. The average Bonchev–Trinajstić information content (AvgIpc) is 2.97. The number of nitrogens with one attached hydrogen (secondary N) is 1. The summed E-state index contributed by atoms with van der Waals surface area (Å²) in [5.74, 6) is 1.89. The van der Waals surface area contributed by atoms with E-state index in [0.717, 1.165) is 48.7 Å². The minimum atomic E-state index is 0.769. The van der Waals surface area contributed by atoms with Crippen LogP contribution >= 0.6 is 0 Å². The third kappa shape index (κ3) is 3.88. The Morgan fingerprint density at radius 3 is 3.04 bits per heavy atom. The lowest BCUT2D eigenvalue weighted by atomic mass is 9.97. The second kappa shape index (κ2) is 8.15. The van der Waals surface area contributed by atoms with E-state index in [0.29, 0.717) is 0 Å². The Balaban J connectivity index is 1.67. The number of benzene rings is 1. The van der Waals surface area contributed by atoms with Gasteiger partial charge in [-0.15, -0.1) is 6.58 Å². The first kappa shape index (κ1) is 16.8. The van der Waals surface area contributed by atoms with Gasteiger partial charge in [0.2, 0.25) is 0 Å². The van der Waals surface area contributed by atoms with Crippen LogP contribution in [0, 0.1) is 0 Å². The number of hydrogen-bond donors (Lipinski definition) is 1. The first-order valence-electron chi connectivity index (χ1n) is 8.84. The van der Waals surface area contributed by atoms with Crippen LogP contribution in [0.1, 0.15) is 37.9 Å². The van der Waals surface area contributed by atoms with Crippen LogP contribution in [0.2, 0.25) is 0 Å². The topological polar surface area (TPSA) is 39.1 Å². The Morgan fingerprint density at radius 1 is 1.38 bits per heavy atom. The van der Waals surface area contributed by atoms with Gasteiger partial charge in [0.15, 0.2) is 0 Å². The number of allylic oxidation sites excluding steroid dienone is 2. The molecular formula is C20H27N3O. The van der Waals surface area contributed by atoms with Crippen LogP contribution in [0.15, 0.2) is 42.5 Å². The fourth-order valence-corrected chi connectivity index (χ4v) is 3.34. The fourth-order valence-electron chi connectivity index (χ4n) is 3.34. The molecule has 4 nitrogen and oxygen atoms in total. The molecule has 0 aliphatic heterocycles. The molecule has 0 bridgehead atoms. The molecule has 1 aliphatic rings. The van der Waals surface area contributed by atoms with E-state index in [1.807, 2.05) is 18.2 Å². The van der Waals surface area contributed by atoms with Crippen molar-refractivity contribution in [1.29, 1.82) is 0 Å². The highest BCUT2D eigenvalue weighted by molar-refractivity contribution is 5.77. The van der Waals surface area contributed by atoms with E-state index in [9.17, 15) is 0 Å². The van der Waals surface area contributed by atoms with Crippen molar-refractivity contribution >= 4 is 11.0 Å². The highest BCUT2D eigenvalue weighted by Gasteiger charge is 2.10. The standard InChI is InChI=1S/C20H27N3O/c1-3-13-23-19-10-9-17(24-2)14-18(19)22-20(23)15-21-12-11-16-7-5-4-6-8-16/h3,7,9-10,14,21H,1,4-6,8,11-13,15H2,2H3.